The molecule has 6 nitrogen and oxygen atoms in total. The maximum Gasteiger partial charge on any atom is 0.186 e. The third-order valence-electron chi connectivity index (χ3n) is 4.00. The number of hydrogen-bond acceptors (Lipinski definition) is 5. The molecule has 3 rings (SSSR count). The first-order chi connectivity index (χ1) is 13.2. The Hall–Kier alpha value is -3.67. The summed E-state index contributed by atoms with van der Waals surface area (Å²) in [5.41, 5.74) is 3.04. The number of carbonyl (C=O) groups excluding carboxylic acids is 2. The second kappa shape index (κ2) is 8.14. The number of carbonyl (C=O) groups is 2. The Balaban J connectivity index is 1.83. The maximum atomic E-state index is 12.5. The Bertz CT molecular complexity index is 991. The lowest BCUT2D eigenvalue weighted by Gasteiger charge is -2.11. The van der Waals surface area contributed by atoms with Crippen LogP contribution in [-0.4, -0.2) is 36.5 Å². The van der Waals surface area contributed by atoms with Gasteiger partial charge in [0.25, 0.3) is 0 Å². The first-order valence-corrected chi connectivity index (χ1v) is 8.20. The van der Waals surface area contributed by atoms with Gasteiger partial charge in [-0.3, -0.25) is 14.7 Å². The van der Waals surface area contributed by atoms with Crippen molar-refractivity contribution in [1.82, 2.24) is 10.2 Å². The summed E-state index contributed by atoms with van der Waals surface area (Å²) >= 11 is 0. The van der Waals surface area contributed by atoms with Crippen molar-refractivity contribution in [1.29, 1.82) is 0 Å². The first-order valence-electron chi connectivity index (χ1n) is 8.20. The zero-order chi connectivity index (χ0) is 19.2. The van der Waals surface area contributed by atoms with Crippen LogP contribution in [-0.2, 0) is 0 Å². The van der Waals surface area contributed by atoms with Crippen molar-refractivity contribution in [3.63, 3.8) is 0 Å². The molecular weight excluding hydrogens is 344 g/mol. The molecule has 0 bridgehead atoms. The van der Waals surface area contributed by atoms with Crippen molar-refractivity contribution < 1.29 is 19.1 Å². The third kappa shape index (κ3) is 3.95. The van der Waals surface area contributed by atoms with Crippen LogP contribution >= 0.6 is 0 Å². The Kier molecular flexibility index (Phi) is 5.47. The molecule has 6 heteroatoms. The molecular formula is C21H18N2O4. The Morgan fingerprint density at radius 1 is 1.07 bits per heavy atom. The minimum atomic E-state index is -0.269. The molecule has 136 valence electrons. The molecule has 0 radical (unpaired) electrons. The second-order valence-electron chi connectivity index (χ2n) is 5.69. The van der Waals surface area contributed by atoms with Crippen molar-refractivity contribution in [2.75, 3.05) is 14.2 Å². The lowest BCUT2D eigenvalue weighted by molar-refractivity contribution is 0.104. The van der Waals surface area contributed by atoms with Gasteiger partial charge >= 0.3 is 0 Å². The number of ketones is 1. The quantitative estimate of drug-likeness (QED) is 0.393. The van der Waals surface area contributed by atoms with Crippen LogP contribution in [0, 0.1) is 0 Å². The van der Waals surface area contributed by atoms with Crippen LogP contribution in [0.1, 0.15) is 26.4 Å². The zero-order valence-corrected chi connectivity index (χ0v) is 14.9. The SMILES string of the molecule is COc1cc(C(=O)/C=C/c2cc(-c3ccccc3)n[nH]2)cc(C=O)c1OC. The number of ether oxygens (including phenoxy) is 2. The number of methoxy groups -OCH3 is 2. The molecule has 1 aromatic heterocycles. The lowest BCUT2D eigenvalue weighted by Crippen LogP contribution is -2.01. The largest absolute Gasteiger partial charge is 0.493 e. The lowest BCUT2D eigenvalue weighted by atomic mass is 10.0. The van der Waals surface area contributed by atoms with Gasteiger partial charge in [-0.1, -0.05) is 30.3 Å². The normalized spacial score (nSPS) is 10.7. The highest BCUT2D eigenvalue weighted by Crippen LogP contribution is 2.32. The van der Waals surface area contributed by atoms with Gasteiger partial charge in [0.05, 0.1) is 31.2 Å². The van der Waals surface area contributed by atoms with Gasteiger partial charge in [0.15, 0.2) is 23.6 Å². The van der Waals surface area contributed by atoms with E-state index in [0.29, 0.717) is 29.0 Å². The van der Waals surface area contributed by atoms with Crippen LogP contribution < -0.4 is 9.47 Å². The fourth-order valence-electron chi connectivity index (χ4n) is 2.66. The van der Waals surface area contributed by atoms with Gasteiger partial charge in [-0.2, -0.15) is 5.10 Å². The number of benzene rings is 2. The van der Waals surface area contributed by atoms with Gasteiger partial charge in [0, 0.05) is 11.1 Å². The minimum Gasteiger partial charge on any atom is -0.493 e. The highest BCUT2D eigenvalue weighted by molar-refractivity contribution is 6.08. The van der Waals surface area contributed by atoms with E-state index in [-0.39, 0.29) is 11.3 Å². The van der Waals surface area contributed by atoms with Crippen molar-refractivity contribution >= 4 is 18.1 Å². The molecule has 0 saturated carbocycles. The Morgan fingerprint density at radius 3 is 2.52 bits per heavy atom. The number of nitrogens with one attached hydrogen (secondary N) is 1. The number of aldehydes is 1. The summed E-state index contributed by atoms with van der Waals surface area (Å²) in [5.74, 6) is 0.357. The molecule has 0 amide bonds. The van der Waals surface area contributed by atoms with Crippen LogP contribution in [0.2, 0.25) is 0 Å². The molecule has 0 fully saturated rings. The predicted molar refractivity (Wildman–Crippen MR) is 102 cm³/mol. The Morgan fingerprint density at radius 2 is 1.85 bits per heavy atom. The van der Waals surface area contributed by atoms with E-state index in [1.165, 1.54) is 26.4 Å². The van der Waals surface area contributed by atoms with E-state index >= 15 is 0 Å². The van der Waals surface area contributed by atoms with Crippen LogP contribution in [0.3, 0.4) is 0 Å². The van der Waals surface area contributed by atoms with Gasteiger partial charge in [-0.15, -0.1) is 0 Å². The molecule has 0 saturated heterocycles. The Labute approximate surface area is 156 Å². The number of aromatic nitrogens is 2. The van der Waals surface area contributed by atoms with Gasteiger partial charge < -0.3 is 9.47 Å². The minimum absolute atomic E-state index is 0.251. The second-order valence-corrected chi connectivity index (χ2v) is 5.69. The van der Waals surface area contributed by atoms with Gasteiger partial charge in [0.2, 0.25) is 0 Å². The molecule has 0 aliphatic rings. The topological polar surface area (TPSA) is 81.3 Å². The highest BCUT2D eigenvalue weighted by Gasteiger charge is 2.14. The van der Waals surface area contributed by atoms with Gasteiger partial charge in [-0.05, 0) is 30.4 Å². The van der Waals surface area contributed by atoms with E-state index in [1.54, 1.807) is 12.1 Å². The number of hydrogen-bond donors (Lipinski definition) is 1. The number of rotatable bonds is 7. The number of H-pyrrole nitrogens is 1. The molecule has 1 N–H and O–H groups in total. The van der Waals surface area contributed by atoms with Crippen molar-refractivity contribution in [3.8, 4) is 22.8 Å². The summed E-state index contributed by atoms with van der Waals surface area (Å²) in [6.45, 7) is 0. The molecule has 2 aromatic carbocycles. The molecule has 27 heavy (non-hydrogen) atoms. The summed E-state index contributed by atoms with van der Waals surface area (Å²) in [6.07, 6.45) is 3.68. The van der Waals surface area contributed by atoms with Crippen LogP contribution in [0.5, 0.6) is 11.5 Å². The van der Waals surface area contributed by atoms with Crippen molar-refractivity contribution in [3.05, 3.63) is 71.4 Å². The van der Waals surface area contributed by atoms with E-state index in [9.17, 15) is 9.59 Å². The van der Waals surface area contributed by atoms with E-state index < -0.39 is 0 Å². The standard InChI is InChI=1S/C21H18N2O4/c1-26-20-11-15(10-16(13-24)21(20)27-2)19(25)9-8-17-12-18(23-22-17)14-6-4-3-5-7-14/h3-13H,1-2H3,(H,22,23)/b9-8+. The van der Waals surface area contributed by atoms with Crippen LogP contribution in [0.15, 0.2) is 54.6 Å². The van der Waals surface area contributed by atoms with Crippen LogP contribution in [0.25, 0.3) is 17.3 Å². The first kappa shape index (κ1) is 18.1. The van der Waals surface area contributed by atoms with E-state index in [0.717, 1.165) is 11.3 Å². The van der Waals surface area contributed by atoms with E-state index in [4.69, 9.17) is 9.47 Å². The predicted octanol–water partition coefficient (Wildman–Crippen LogP) is 3.80. The molecule has 1 heterocycles. The summed E-state index contributed by atoms with van der Waals surface area (Å²) in [6, 6.07) is 14.6. The summed E-state index contributed by atoms with van der Waals surface area (Å²) < 4.78 is 10.4. The number of nitrogens with zero attached hydrogens (tertiary/aromatic N) is 1. The molecule has 0 spiro atoms. The third-order valence-corrected chi connectivity index (χ3v) is 4.00. The number of allylic oxidation sites excluding steroid dienone is 1. The molecule has 0 unspecified atom stereocenters. The van der Waals surface area contributed by atoms with Crippen molar-refractivity contribution in [2.45, 2.75) is 0 Å². The average molecular weight is 362 g/mol. The van der Waals surface area contributed by atoms with Crippen LogP contribution in [0.4, 0.5) is 0 Å². The number of aromatic amines is 1. The summed E-state index contributed by atoms with van der Waals surface area (Å²) in [4.78, 5) is 23.8. The average Bonchev–Trinajstić information content (AvgIpc) is 3.20. The van der Waals surface area contributed by atoms with E-state index in [2.05, 4.69) is 10.2 Å². The van der Waals surface area contributed by atoms with Gasteiger partial charge in [0.1, 0.15) is 0 Å². The maximum absolute atomic E-state index is 12.5. The molecule has 3 aromatic rings. The van der Waals surface area contributed by atoms with E-state index in [1.807, 2.05) is 36.4 Å². The highest BCUT2D eigenvalue weighted by atomic mass is 16.5. The zero-order valence-electron chi connectivity index (χ0n) is 14.9. The summed E-state index contributed by atoms with van der Waals surface area (Å²) in [7, 11) is 2.89. The van der Waals surface area contributed by atoms with Gasteiger partial charge in [-0.25, -0.2) is 0 Å². The molecule has 0 atom stereocenters. The molecule has 0 aliphatic heterocycles. The summed E-state index contributed by atoms with van der Waals surface area (Å²) in [5, 5.41) is 7.13. The molecule has 0 aliphatic carbocycles. The monoisotopic (exact) mass is 362 g/mol. The smallest absolute Gasteiger partial charge is 0.186 e. The fourth-order valence-corrected chi connectivity index (χ4v) is 2.66. The van der Waals surface area contributed by atoms with Crippen molar-refractivity contribution in [2.24, 2.45) is 0 Å². The fraction of sp³-hybridized carbons (Fsp3) is 0.0952.